The summed E-state index contributed by atoms with van der Waals surface area (Å²) in [4.78, 5) is 21.7. The number of hydrogen-bond donors (Lipinski definition) is 4. The predicted molar refractivity (Wildman–Crippen MR) is 60.6 cm³/mol. The highest BCUT2D eigenvalue weighted by Gasteiger charge is 2.13. The topological polar surface area (TPSA) is 116 Å². The van der Waals surface area contributed by atoms with E-state index < -0.39 is 24.2 Å². The van der Waals surface area contributed by atoms with Crippen molar-refractivity contribution in [3.8, 4) is 11.5 Å². The van der Waals surface area contributed by atoms with Crippen molar-refractivity contribution in [2.45, 2.75) is 0 Å². The van der Waals surface area contributed by atoms with Gasteiger partial charge in [0.25, 0.3) is 5.91 Å². The summed E-state index contributed by atoms with van der Waals surface area (Å²) in [6.45, 7) is -0.300. The summed E-state index contributed by atoms with van der Waals surface area (Å²) >= 11 is 0. The van der Waals surface area contributed by atoms with E-state index >= 15 is 0 Å². The molecule has 0 aromatic heterocycles. The van der Waals surface area contributed by atoms with Crippen LogP contribution in [0.15, 0.2) is 18.2 Å². The van der Waals surface area contributed by atoms with Gasteiger partial charge in [-0.3, -0.25) is 4.79 Å². The van der Waals surface area contributed by atoms with Gasteiger partial charge in [-0.25, -0.2) is 4.79 Å². The zero-order chi connectivity index (χ0) is 13.5. The summed E-state index contributed by atoms with van der Waals surface area (Å²) in [6.07, 6.45) is 0. The molecule has 0 aliphatic carbocycles. The Balaban J connectivity index is 2.41. The highest BCUT2D eigenvalue weighted by Crippen LogP contribution is 2.27. The average molecular weight is 255 g/mol. The van der Waals surface area contributed by atoms with Crippen molar-refractivity contribution >= 4 is 11.9 Å². The molecule has 7 heteroatoms. The van der Waals surface area contributed by atoms with E-state index in [0.717, 1.165) is 0 Å². The maximum absolute atomic E-state index is 11.6. The Labute approximate surface area is 103 Å². The molecule has 1 aromatic rings. The first-order valence-corrected chi connectivity index (χ1v) is 5.11. The molecule has 98 valence electrons. The first-order valence-electron chi connectivity index (χ1n) is 5.11. The molecule has 7 nitrogen and oxygen atoms in total. The maximum Gasteiger partial charge on any atom is 0.329 e. The summed E-state index contributed by atoms with van der Waals surface area (Å²) in [5.41, 5.74) is -0.0618. The third-order valence-electron chi connectivity index (χ3n) is 2.02. The lowest BCUT2D eigenvalue weighted by atomic mass is 10.1. The van der Waals surface area contributed by atoms with Crippen LogP contribution in [0, 0.1) is 0 Å². The monoisotopic (exact) mass is 255 g/mol. The lowest BCUT2D eigenvalue weighted by molar-refractivity contribution is -0.142. The van der Waals surface area contributed by atoms with Crippen LogP contribution in [0.1, 0.15) is 10.4 Å². The molecule has 0 atom stereocenters. The summed E-state index contributed by atoms with van der Waals surface area (Å²) in [7, 11) is 0. The van der Waals surface area contributed by atoms with Gasteiger partial charge in [0.15, 0.2) is 11.5 Å². The van der Waals surface area contributed by atoms with E-state index in [9.17, 15) is 19.8 Å². The minimum atomic E-state index is -1.09. The number of nitrogens with one attached hydrogen (secondary N) is 1. The number of hydrogen-bond acceptors (Lipinski definition) is 5. The van der Waals surface area contributed by atoms with Gasteiger partial charge in [0.05, 0.1) is 12.2 Å². The number of rotatable bonds is 6. The van der Waals surface area contributed by atoms with Crippen molar-refractivity contribution < 1.29 is 29.6 Å². The quantitative estimate of drug-likeness (QED) is 0.417. The number of carbonyl (C=O) groups is 2. The van der Waals surface area contributed by atoms with Crippen molar-refractivity contribution in [3.05, 3.63) is 23.8 Å². The van der Waals surface area contributed by atoms with Crippen LogP contribution < -0.4 is 5.32 Å². The molecule has 0 radical (unpaired) electrons. The molecule has 0 unspecified atom stereocenters. The molecule has 0 heterocycles. The van der Waals surface area contributed by atoms with E-state index in [-0.39, 0.29) is 24.5 Å². The molecular formula is C11H13NO6. The maximum atomic E-state index is 11.6. The molecule has 0 saturated carbocycles. The second-order valence-electron chi connectivity index (χ2n) is 3.38. The third-order valence-corrected chi connectivity index (χ3v) is 2.02. The van der Waals surface area contributed by atoms with Crippen LogP contribution in [-0.4, -0.2) is 47.0 Å². The molecule has 0 bridgehead atoms. The molecular weight excluding hydrogens is 242 g/mol. The Morgan fingerprint density at radius 2 is 2.00 bits per heavy atom. The van der Waals surface area contributed by atoms with Gasteiger partial charge < -0.3 is 25.4 Å². The fourth-order valence-electron chi connectivity index (χ4n) is 1.21. The number of amides is 1. The van der Waals surface area contributed by atoms with Gasteiger partial charge in [0.1, 0.15) is 6.61 Å². The summed E-state index contributed by atoms with van der Waals surface area (Å²) in [5, 5.41) is 29.3. The first-order chi connectivity index (χ1) is 8.52. The molecule has 4 N–H and O–H groups in total. The average Bonchev–Trinajstić information content (AvgIpc) is 2.31. The first kappa shape index (κ1) is 13.8. The van der Waals surface area contributed by atoms with E-state index in [1.807, 2.05) is 0 Å². The van der Waals surface area contributed by atoms with E-state index in [2.05, 4.69) is 5.32 Å². The molecule has 0 spiro atoms. The van der Waals surface area contributed by atoms with Crippen LogP contribution in [-0.2, 0) is 9.53 Å². The number of phenols is 2. The van der Waals surface area contributed by atoms with Gasteiger partial charge in [0.2, 0.25) is 0 Å². The Kier molecular flexibility index (Phi) is 4.94. The smallest absolute Gasteiger partial charge is 0.329 e. The van der Waals surface area contributed by atoms with Crippen LogP contribution in [0.4, 0.5) is 0 Å². The summed E-state index contributed by atoms with van der Waals surface area (Å²) < 4.78 is 4.71. The highest BCUT2D eigenvalue weighted by molar-refractivity contribution is 5.97. The normalized spacial score (nSPS) is 10.0. The molecule has 0 fully saturated rings. The fraction of sp³-hybridized carbons (Fsp3) is 0.273. The second-order valence-corrected chi connectivity index (χ2v) is 3.38. The van der Waals surface area contributed by atoms with Gasteiger partial charge >= 0.3 is 5.97 Å². The van der Waals surface area contributed by atoms with Crippen molar-refractivity contribution in [1.82, 2.24) is 5.32 Å². The van der Waals surface area contributed by atoms with E-state index in [1.54, 1.807) is 0 Å². The number of carboxylic acids is 1. The molecule has 18 heavy (non-hydrogen) atoms. The van der Waals surface area contributed by atoms with Gasteiger partial charge in [-0.1, -0.05) is 6.07 Å². The van der Waals surface area contributed by atoms with Crippen LogP contribution in [0.3, 0.4) is 0 Å². The number of ether oxygens (including phenoxy) is 1. The van der Waals surface area contributed by atoms with Crippen LogP contribution in [0.5, 0.6) is 11.5 Å². The highest BCUT2D eigenvalue weighted by atomic mass is 16.5. The second kappa shape index (κ2) is 6.45. The van der Waals surface area contributed by atoms with Crippen LogP contribution in [0.25, 0.3) is 0 Å². The number of aliphatic carboxylic acids is 1. The number of carbonyl (C=O) groups excluding carboxylic acids is 1. The van der Waals surface area contributed by atoms with Gasteiger partial charge in [-0.2, -0.15) is 0 Å². The van der Waals surface area contributed by atoms with Crippen molar-refractivity contribution in [1.29, 1.82) is 0 Å². The van der Waals surface area contributed by atoms with Crippen LogP contribution >= 0.6 is 0 Å². The van der Waals surface area contributed by atoms with Gasteiger partial charge in [-0.05, 0) is 12.1 Å². The number of para-hydroxylation sites is 1. The van der Waals surface area contributed by atoms with E-state index in [0.29, 0.717) is 0 Å². The Morgan fingerprint density at radius 1 is 1.28 bits per heavy atom. The standard InChI is InChI=1S/C11H13NO6/c13-8-3-1-2-7(10(8)16)11(17)12-4-5-18-6-9(14)15/h1-3,13,16H,4-6H2,(H,12,17)(H,14,15). The molecule has 0 aliphatic heterocycles. The molecule has 1 rings (SSSR count). The zero-order valence-electron chi connectivity index (χ0n) is 9.42. The Bertz CT molecular complexity index is 445. The fourth-order valence-corrected chi connectivity index (χ4v) is 1.21. The largest absolute Gasteiger partial charge is 0.504 e. The lowest BCUT2D eigenvalue weighted by Crippen LogP contribution is -2.28. The van der Waals surface area contributed by atoms with Crippen molar-refractivity contribution in [2.24, 2.45) is 0 Å². The summed E-state index contributed by atoms with van der Waals surface area (Å²) in [5.74, 6) is -2.56. The number of benzene rings is 1. The van der Waals surface area contributed by atoms with E-state index in [4.69, 9.17) is 9.84 Å². The SMILES string of the molecule is O=C(O)COCCNC(=O)c1cccc(O)c1O. The Morgan fingerprint density at radius 3 is 2.67 bits per heavy atom. The van der Waals surface area contributed by atoms with Gasteiger partial charge in [0, 0.05) is 6.54 Å². The molecule has 1 amide bonds. The number of carboxylic acid groups (broad SMARTS) is 1. The predicted octanol–water partition coefficient (Wildman–Crippen LogP) is -0.0712. The number of phenolic OH excluding ortho intramolecular Hbond substituents is 2. The van der Waals surface area contributed by atoms with Crippen molar-refractivity contribution in [2.75, 3.05) is 19.8 Å². The Hall–Kier alpha value is -2.28. The minimum absolute atomic E-state index is 0.0393. The third kappa shape index (κ3) is 3.95. The molecule has 0 aliphatic rings. The van der Waals surface area contributed by atoms with Crippen LogP contribution in [0.2, 0.25) is 0 Å². The molecule has 0 saturated heterocycles. The van der Waals surface area contributed by atoms with Crippen molar-refractivity contribution in [3.63, 3.8) is 0 Å². The summed E-state index contributed by atoms with van der Waals surface area (Å²) in [6, 6.07) is 4.02. The number of aromatic hydroxyl groups is 2. The lowest BCUT2D eigenvalue weighted by Gasteiger charge is -2.07. The van der Waals surface area contributed by atoms with Gasteiger partial charge in [-0.15, -0.1) is 0 Å². The van der Waals surface area contributed by atoms with E-state index in [1.165, 1.54) is 18.2 Å². The minimum Gasteiger partial charge on any atom is -0.504 e. The zero-order valence-corrected chi connectivity index (χ0v) is 9.42. The molecule has 1 aromatic carbocycles.